The van der Waals surface area contributed by atoms with E-state index in [0.29, 0.717) is 22.8 Å². The molecule has 0 fully saturated rings. The fourth-order valence-corrected chi connectivity index (χ4v) is 3.78. The van der Waals surface area contributed by atoms with E-state index in [1.807, 2.05) is 80.6 Å². The molecule has 1 aromatic heterocycles. The number of nitrogens with one attached hydrogen (secondary N) is 1. The average molecular weight is 440 g/mol. The van der Waals surface area contributed by atoms with Crippen LogP contribution in [0.1, 0.15) is 25.0 Å². The van der Waals surface area contributed by atoms with Crippen molar-refractivity contribution in [2.24, 2.45) is 0 Å². The minimum Gasteiger partial charge on any atom is -0.407 e. The lowest BCUT2D eigenvalue weighted by Crippen LogP contribution is -2.09. The highest BCUT2D eigenvalue weighted by Crippen LogP contribution is 2.41. The fraction of sp³-hybridized carbons (Fsp3) is 0.148. The number of aryl methyl sites for hydroxylation is 2. The Morgan fingerprint density at radius 2 is 1.61 bits per heavy atom. The highest BCUT2D eigenvalue weighted by molar-refractivity contribution is 5.91. The number of benzene rings is 3. The van der Waals surface area contributed by atoms with Crippen LogP contribution in [0.2, 0.25) is 0 Å². The molecule has 0 saturated heterocycles. The Labute approximate surface area is 192 Å². The Morgan fingerprint density at radius 1 is 0.879 bits per heavy atom. The molecule has 0 spiro atoms. The third kappa shape index (κ3) is 4.70. The van der Waals surface area contributed by atoms with Crippen LogP contribution < -0.4 is 10.1 Å². The highest BCUT2D eigenvalue weighted by atomic mass is 16.5. The van der Waals surface area contributed by atoms with E-state index < -0.39 is 5.97 Å². The molecule has 1 N–H and O–H groups in total. The first-order chi connectivity index (χ1) is 15.8. The molecule has 0 aliphatic carbocycles. The van der Waals surface area contributed by atoms with Crippen molar-refractivity contribution in [2.45, 2.75) is 27.7 Å². The van der Waals surface area contributed by atoms with Gasteiger partial charge >= 0.3 is 5.97 Å². The van der Waals surface area contributed by atoms with Crippen molar-refractivity contribution >= 4 is 17.6 Å². The Balaban J connectivity index is 2.00. The number of anilines is 1. The van der Waals surface area contributed by atoms with Crippen LogP contribution in [-0.4, -0.2) is 21.7 Å². The van der Waals surface area contributed by atoms with E-state index in [2.05, 4.69) is 11.4 Å². The summed E-state index contributed by atoms with van der Waals surface area (Å²) in [6.07, 6.45) is 0. The van der Waals surface area contributed by atoms with E-state index in [1.165, 1.54) is 13.8 Å². The van der Waals surface area contributed by atoms with Crippen LogP contribution in [0.15, 0.2) is 72.8 Å². The predicted octanol–water partition coefficient (Wildman–Crippen LogP) is 5.71. The maximum absolute atomic E-state index is 12.1. The largest absolute Gasteiger partial charge is 0.407 e. The smallest absolute Gasteiger partial charge is 0.309 e. The van der Waals surface area contributed by atoms with Crippen molar-refractivity contribution in [3.05, 3.63) is 83.9 Å². The monoisotopic (exact) mass is 439 g/mol. The van der Waals surface area contributed by atoms with Crippen molar-refractivity contribution < 1.29 is 14.3 Å². The molecule has 3 aromatic carbocycles. The van der Waals surface area contributed by atoms with Crippen LogP contribution in [-0.2, 0) is 9.59 Å². The molecule has 6 nitrogen and oxygen atoms in total. The maximum atomic E-state index is 12.1. The summed E-state index contributed by atoms with van der Waals surface area (Å²) < 4.78 is 7.45. The van der Waals surface area contributed by atoms with Crippen molar-refractivity contribution in [3.8, 4) is 34.0 Å². The first kappa shape index (κ1) is 22.0. The Kier molecular flexibility index (Phi) is 6.09. The number of hydrogen-bond donors (Lipinski definition) is 1. The molecule has 4 aromatic rings. The van der Waals surface area contributed by atoms with Crippen LogP contribution in [0.3, 0.4) is 0 Å². The SMILES string of the molecule is CC(=O)Nc1ccc(-c2c(-c3cccc(C)c3)nn(-c3ccccc3C)c2OC(C)=O)cc1. The van der Waals surface area contributed by atoms with Crippen molar-refractivity contribution in [1.82, 2.24) is 9.78 Å². The predicted molar refractivity (Wildman–Crippen MR) is 130 cm³/mol. The lowest BCUT2D eigenvalue weighted by Gasteiger charge is -2.11. The summed E-state index contributed by atoms with van der Waals surface area (Å²) in [7, 11) is 0. The van der Waals surface area contributed by atoms with E-state index in [4.69, 9.17) is 9.84 Å². The molecule has 6 heteroatoms. The second kappa shape index (κ2) is 9.12. The molecular weight excluding hydrogens is 414 g/mol. The van der Waals surface area contributed by atoms with Crippen molar-refractivity contribution in [2.75, 3.05) is 5.32 Å². The van der Waals surface area contributed by atoms with Gasteiger partial charge in [-0.2, -0.15) is 9.78 Å². The quantitative estimate of drug-likeness (QED) is 0.405. The summed E-state index contributed by atoms with van der Waals surface area (Å²) >= 11 is 0. The molecule has 0 unspecified atom stereocenters. The number of hydrogen-bond acceptors (Lipinski definition) is 4. The van der Waals surface area contributed by atoms with Gasteiger partial charge in [-0.1, -0.05) is 54.1 Å². The molecule has 0 radical (unpaired) electrons. The molecule has 0 saturated carbocycles. The second-order valence-corrected chi connectivity index (χ2v) is 7.95. The zero-order valence-corrected chi connectivity index (χ0v) is 19.0. The lowest BCUT2D eigenvalue weighted by atomic mass is 10.00. The van der Waals surface area contributed by atoms with Gasteiger partial charge in [0.1, 0.15) is 5.69 Å². The van der Waals surface area contributed by atoms with Crippen molar-refractivity contribution in [1.29, 1.82) is 0 Å². The minimum absolute atomic E-state index is 0.142. The average Bonchev–Trinajstić information content (AvgIpc) is 3.12. The van der Waals surface area contributed by atoms with Gasteiger partial charge in [-0.15, -0.1) is 0 Å². The van der Waals surface area contributed by atoms with Gasteiger partial charge in [0.05, 0.1) is 11.3 Å². The molecule has 0 bridgehead atoms. The number of nitrogens with zero attached hydrogens (tertiary/aromatic N) is 2. The topological polar surface area (TPSA) is 73.2 Å². The van der Waals surface area contributed by atoms with Gasteiger partial charge in [-0.05, 0) is 49.2 Å². The number of para-hydroxylation sites is 1. The van der Waals surface area contributed by atoms with E-state index in [1.54, 1.807) is 4.68 Å². The summed E-state index contributed by atoms with van der Waals surface area (Å²) in [6.45, 7) is 6.86. The van der Waals surface area contributed by atoms with Gasteiger partial charge in [0.15, 0.2) is 0 Å². The van der Waals surface area contributed by atoms with Gasteiger partial charge in [0.25, 0.3) is 0 Å². The van der Waals surface area contributed by atoms with Gasteiger partial charge in [-0.3, -0.25) is 9.59 Å². The third-order valence-electron chi connectivity index (χ3n) is 5.21. The van der Waals surface area contributed by atoms with Crippen LogP contribution in [0.5, 0.6) is 5.88 Å². The summed E-state index contributed by atoms with van der Waals surface area (Å²) in [5, 5.41) is 7.70. The molecule has 166 valence electrons. The maximum Gasteiger partial charge on any atom is 0.309 e. The minimum atomic E-state index is -0.434. The fourth-order valence-electron chi connectivity index (χ4n) is 3.78. The van der Waals surface area contributed by atoms with E-state index in [-0.39, 0.29) is 5.91 Å². The van der Waals surface area contributed by atoms with E-state index >= 15 is 0 Å². The third-order valence-corrected chi connectivity index (χ3v) is 5.21. The normalized spacial score (nSPS) is 10.7. The number of rotatable bonds is 5. The zero-order chi connectivity index (χ0) is 23.5. The molecule has 33 heavy (non-hydrogen) atoms. The molecule has 1 heterocycles. The number of carbonyl (C=O) groups excluding carboxylic acids is 2. The van der Waals surface area contributed by atoms with E-state index in [9.17, 15) is 9.59 Å². The Bertz CT molecular complexity index is 1340. The zero-order valence-electron chi connectivity index (χ0n) is 19.0. The lowest BCUT2D eigenvalue weighted by molar-refractivity contribution is -0.132. The number of aromatic nitrogens is 2. The molecule has 0 atom stereocenters. The van der Waals surface area contributed by atoms with Gasteiger partial charge in [-0.25, -0.2) is 0 Å². The summed E-state index contributed by atoms with van der Waals surface area (Å²) in [4.78, 5) is 23.6. The molecule has 0 aliphatic rings. The number of esters is 1. The van der Waals surface area contributed by atoms with Crippen molar-refractivity contribution in [3.63, 3.8) is 0 Å². The first-order valence-corrected chi connectivity index (χ1v) is 10.7. The number of carbonyl (C=O) groups is 2. The first-order valence-electron chi connectivity index (χ1n) is 10.7. The number of amides is 1. The molecule has 0 aliphatic heterocycles. The number of ether oxygens (including phenoxy) is 1. The Morgan fingerprint density at radius 3 is 2.24 bits per heavy atom. The van der Waals surface area contributed by atoms with Gasteiger partial charge < -0.3 is 10.1 Å². The summed E-state index contributed by atoms with van der Waals surface area (Å²) in [5.41, 5.74) is 6.73. The standard InChI is InChI=1S/C27H25N3O3/c1-17-8-7-10-22(16-17)26-25(21-12-14-23(15-13-21)28-19(3)31)27(33-20(4)32)30(29-26)24-11-6-5-9-18(24)2/h5-16H,1-4H3,(H,28,31). The highest BCUT2D eigenvalue weighted by Gasteiger charge is 2.25. The van der Waals surface area contributed by atoms with Crippen LogP contribution in [0.4, 0.5) is 5.69 Å². The molecule has 1 amide bonds. The second-order valence-electron chi connectivity index (χ2n) is 7.95. The van der Waals surface area contributed by atoms with E-state index in [0.717, 1.165) is 27.9 Å². The van der Waals surface area contributed by atoms with Crippen LogP contribution >= 0.6 is 0 Å². The Hall–Kier alpha value is -4.19. The van der Waals surface area contributed by atoms with Gasteiger partial charge in [0.2, 0.25) is 11.8 Å². The summed E-state index contributed by atoms with van der Waals surface area (Å²) in [5.74, 6) is -0.228. The van der Waals surface area contributed by atoms with Gasteiger partial charge in [0, 0.05) is 25.1 Å². The molecule has 4 rings (SSSR count). The summed E-state index contributed by atoms with van der Waals surface area (Å²) in [6, 6.07) is 23.3. The van der Waals surface area contributed by atoms with Crippen LogP contribution in [0, 0.1) is 13.8 Å². The van der Waals surface area contributed by atoms with Crippen LogP contribution in [0.25, 0.3) is 28.1 Å². The molecular formula is C27H25N3O3.